The van der Waals surface area contributed by atoms with Crippen LogP contribution >= 0.6 is 0 Å². The molecule has 1 aliphatic carbocycles. The summed E-state index contributed by atoms with van der Waals surface area (Å²) in [5.74, 6) is 0. The van der Waals surface area contributed by atoms with E-state index in [4.69, 9.17) is 0 Å². The first-order valence-corrected chi connectivity index (χ1v) is 16.1. The zero-order valence-electron chi connectivity index (χ0n) is 26.0. The van der Waals surface area contributed by atoms with Crippen LogP contribution in [0.5, 0.6) is 0 Å². The van der Waals surface area contributed by atoms with Crippen molar-refractivity contribution in [2.45, 2.75) is 19.3 Å². The summed E-state index contributed by atoms with van der Waals surface area (Å²) in [6, 6.07) is 60.2. The predicted octanol–water partition coefficient (Wildman–Crippen LogP) is 12.6. The highest BCUT2D eigenvalue weighted by atomic mass is 15.1. The Bertz CT molecular complexity index is 2430. The van der Waals surface area contributed by atoms with Crippen LogP contribution in [0.25, 0.3) is 54.6 Å². The predicted molar refractivity (Wildman–Crippen MR) is 197 cm³/mol. The van der Waals surface area contributed by atoms with Crippen molar-refractivity contribution >= 4 is 49.4 Å². The van der Waals surface area contributed by atoms with Crippen molar-refractivity contribution in [1.82, 2.24) is 0 Å². The van der Waals surface area contributed by atoms with Gasteiger partial charge >= 0.3 is 0 Å². The fourth-order valence-electron chi connectivity index (χ4n) is 7.72. The quantitative estimate of drug-likeness (QED) is 0.185. The number of anilines is 3. The average molecular weight is 588 g/mol. The van der Waals surface area contributed by atoms with E-state index in [9.17, 15) is 0 Å². The minimum Gasteiger partial charge on any atom is -0.310 e. The number of benzene rings is 8. The van der Waals surface area contributed by atoms with E-state index in [0.717, 1.165) is 11.4 Å². The molecule has 218 valence electrons. The van der Waals surface area contributed by atoms with Gasteiger partial charge in [0, 0.05) is 22.2 Å². The van der Waals surface area contributed by atoms with Gasteiger partial charge in [0.15, 0.2) is 0 Å². The standard InChI is InChI=1S/C45H33N/c1-45(2)42-19-11-10-17-38(42)39-27-25-34(28-43(39)45)46(33-23-20-31(21-24-33)30-12-4-3-5-13-30)44-29-41-35-15-7-6-14-32(35)22-26-37(41)36-16-8-9-18-40(36)44/h3-29H,1-2H3. The van der Waals surface area contributed by atoms with Crippen molar-refractivity contribution in [3.05, 3.63) is 175 Å². The van der Waals surface area contributed by atoms with Crippen molar-refractivity contribution in [2.24, 2.45) is 0 Å². The van der Waals surface area contributed by atoms with Crippen molar-refractivity contribution in [3.8, 4) is 22.3 Å². The van der Waals surface area contributed by atoms with Gasteiger partial charge in [0.2, 0.25) is 0 Å². The molecule has 0 fully saturated rings. The van der Waals surface area contributed by atoms with Crippen LogP contribution in [-0.4, -0.2) is 0 Å². The van der Waals surface area contributed by atoms with Crippen LogP contribution in [0.2, 0.25) is 0 Å². The van der Waals surface area contributed by atoms with E-state index in [1.165, 1.54) is 71.4 Å². The third-order valence-electron chi connectivity index (χ3n) is 10.0. The van der Waals surface area contributed by atoms with E-state index in [-0.39, 0.29) is 5.41 Å². The highest BCUT2D eigenvalue weighted by Crippen LogP contribution is 2.51. The normalized spacial score (nSPS) is 13.2. The molecular weight excluding hydrogens is 555 g/mol. The van der Waals surface area contributed by atoms with Gasteiger partial charge in [0.1, 0.15) is 0 Å². The Morgan fingerprint density at radius 1 is 0.391 bits per heavy atom. The van der Waals surface area contributed by atoms with Gasteiger partial charge in [-0.05, 0) is 90.6 Å². The van der Waals surface area contributed by atoms with Crippen molar-refractivity contribution in [2.75, 3.05) is 4.90 Å². The van der Waals surface area contributed by atoms with E-state index in [2.05, 4.69) is 183 Å². The third kappa shape index (κ3) is 4.02. The highest BCUT2D eigenvalue weighted by Gasteiger charge is 2.35. The van der Waals surface area contributed by atoms with Gasteiger partial charge in [-0.25, -0.2) is 0 Å². The molecule has 8 aromatic carbocycles. The summed E-state index contributed by atoms with van der Waals surface area (Å²) < 4.78 is 0. The Balaban J connectivity index is 1.32. The van der Waals surface area contributed by atoms with Crippen LogP contribution in [0.1, 0.15) is 25.0 Å². The Hall–Kier alpha value is -5.66. The molecular formula is C45H33N. The lowest BCUT2D eigenvalue weighted by atomic mass is 9.82. The van der Waals surface area contributed by atoms with Crippen molar-refractivity contribution < 1.29 is 0 Å². The second-order valence-electron chi connectivity index (χ2n) is 13.0. The number of nitrogens with zero attached hydrogens (tertiary/aromatic N) is 1. The van der Waals surface area contributed by atoms with Crippen molar-refractivity contribution in [1.29, 1.82) is 0 Å². The van der Waals surface area contributed by atoms with Crippen LogP contribution in [0.15, 0.2) is 164 Å². The minimum absolute atomic E-state index is 0.0908. The Morgan fingerprint density at radius 2 is 1.00 bits per heavy atom. The molecule has 1 nitrogen and oxygen atoms in total. The molecule has 0 aromatic heterocycles. The van der Waals surface area contributed by atoms with E-state index in [1.54, 1.807) is 0 Å². The molecule has 0 spiro atoms. The van der Waals surface area contributed by atoms with E-state index < -0.39 is 0 Å². The molecule has 0 radical (unpaired) electrons. The minimum atomic E-state index is -0.0908. The molecule has 0 amide bonds. The molecule has 9 rings (SSSR count). The topological polar surface area (TPSA) is 3.24 Å². The molecule has 0 unspecified atom stereocenters. The van der Waals surface area contributed by atoms with Gasteiger partial charge in [-0.3, -0.25) is 0 Å². The van der Waals surface area contributed by atoms with Crippen LogP contribution in [0.3, 0.4) is 0 Å². The summed E-state index contributed by atoms with van der Waals surface area (Å²) in [5, 5.41) is 7.58. The average Bonchev–Trinajstić information content (AvgIpc) is 3.34. The van der Waals surface area contributed by atoms with Gasteiger partial charge < -0.3 is 4.90 Å². The number of hydrogen-bond acceptors (Lipinski definition) is 1. The van der Waals surface area contributed by atoms with Crippen LogP contribution in [0, 0.1) is 0 Å². The first-order chi connectivity index (χ1) is 22.6. The third-order valence-corrected chi connectivity index (χ3v) is 10.0. The maximum atomic E-state index is 2.47. The maximum Gasteiger partial charge on any atom is 0.0546 e. The molecule has 1 heteroatoms. The van der Waals surface area contributed by atoms with E-state index >= 15 is 0 Å². The van der Waals surface area contributed by atoms with Crippen LogP contribution in [-0.2, 0) is 5.41 Å². The Labute approximate surface area is 270 Å². The molecule has 8 aromatic rings. The van der Waals surface area contributed by atoms with Gasteiger partial charge in [-0.1, -0.05) is 147 Å². The number of rotatable bonds is 4. The van der Waals surface area contributed by atoms with Gasteiger partial charge in [-0.2, -0.15) is 0 Å². The summed E-state index contributed by atoms with van der Waals surface area (Å²) in [5.41, 5.74) is 11.3. The first-order valence-electron chi connectivity index (χ1n) is 16.1. The fraction of sp³-hybridized carbons (Fsp3) is 0.0667. The summed E-state index contributed by atoms with van der Waals surface area (Å²) in [4.78, 5) is 2.47. The first kappa shape index (κ1) is 26.7. The lowest BCUT2D eigenvalue weighted by molar-refractivity contribution is 0.660. The van der Waals surface area contributed by atoms with Crippen LogP contribution < -0.4 is 4.90 Å². The zero-order chi connectivity index (χ0) is 30.8. The smallest absolute Gasteiger partial charge is 0.0546 e. The largest absolute Gasteiger partial charge is 0.310 e. The van der Waals surface area contributed by atoms with Gasteiger partial charge in [0.05, 0.1) is 5.69 Å². The summed E-state index contributed by atoms with van der Waals surface area (Å²) >= 11 is 0. The lowest BCUT2D eigenvalue weighted by Crippen LogP contribution is -2.16. The molecule has 0 N–H and O–H groups in total. The second kappa shape index (κ2) is 10.2. The van der Waals surface area contributed by atoms with E-state index in [0.29, 0.717) is 0 Å². The summed E-state index contributed by atoms with van der Waals surface area (Å²) in [6.45, 7) is 4.72. The Kier molecular flexibility index (Phi) is 5.92. The highest BCUT2D eigenvalue weighted by molar-refractivity contribution is 6.21. The van der Waals surface area contributed by atoms with E-state index in [1.807, 2.05) is 0 Å². The van der Waals surface area contributed by atoms with Crippen LogP contribution in [0.4, 0.5) is 17.1 Å². The monoisotopic (exact) mass is 587 g/mol. The summed E-state index contributed by atoms with van der Waals surface area (Å²) in [7, 11) is 0. The van der Waals surface area contributed by atoms with Crippen molar-refractivity contribution in [3.63, 3.8) is 0 Å². The molecule has 0 atom stereocenters. The molecule has 0 bridgehead atoms. The molecule has 0 saturated carbocycles. The molecule has 1 aliphatic rings. The molecule has 0 heterocycles. The summed E-state index contributed by atoms with van der Waals surface area (Å²) in [6.07, 6.45) is 0. The van der Waals surface area contributed by atoms with Gasteiger partial charge in [0.25, 0.3) is 0 Å². The number of hydrogen-bond donors (Lipinski definition) is 0. The maximum absolute atomic E-state index is 2.47. The Morgan fingerprint density at radius 3 is 1.83 bits per heavy atom. The molecule has 0 saturated heterocycles. The van der Waals surface area contributed by atoms with Gasteiger partial charge in [-0.15, -0.1) is 0 Å². The SMILES string of the molecule is CC1(C)c2ccccc2-c2ccc(N(c3ccc(-c4ccccc4)cc3)c3cc4c5ccccc5ccc4c4ccccc34)cc21. The number of fused-ring (bicyclic) bond motifs is 8. The molecule has 46 heavy (non-hydrogen) atoms. The lowest BCUT2D eigenvalue weighted by Gasteiger charge is -2.30. The molecule has 0 aliphatic heterocycles. The fourth-order valence-corrected chi connectivity index (χ4v) is 7.72. The zero-order valence-corrected chi connectivity index (χ0v) is 26.0. The second-order valence-corrected chi connectivity index (χ2v) is 13.0.